The second-order valence-corrected chi connectivity index (χ2v) is 6.93. The third kappa shape index (κ3) is 6.22. The molecule has 1 aliphatic carbocycles. The van der Waals surface area contributed by atoms with Crippen LogP contribution in [0.1, 0.15) is 38.5 Å². The second kappa shape index (κ2) is 10.7. The highest BCUT2D eigenvalue weighted by Gasteiger charge is 2.12. The highest BCUT2D eigenvalue weighted by molar-refractivity contribution is 6.31. The Bertz CT molecular complexity index is 627. The van der Waals surface area contributed by atoms with Crippen molar-refractivity contribution >= 4 is 24.0 Å². The van der Waals surface area contributed by atoms with Gasteiger partial charge in [-0.3, -0.25) is 0 Å². The summed E-state index contributed by atoms with van der Waals surface area (Å²) in [7, 11) is 0. The predicted molar refractivity (Wildman–Crippen MR) is 109 cm³/mol. The molecule has 2 aromatic rings. The SMILES string of the molecule is Cl.Clc1ccc(OCCCNC2CCCCC2)c(-c2ccccc2)c1. The van der Waals surface area contributed by atoms with E-state index in [4.69, 9.17) is 16.3 Å². The minimum absolute atomic E-state index is 0. The van der Waals surface area contributed by atoms with E-state index in [0.717, 1.165) is 41.5 Å². The van der Waals surface area contributed by atoms with E-state index in [9.17, 15) is 0 Å². The molecule has 0 unspecified atom stereocenters. The molecule has 0 spiro atoms. The maximum atomic E-state index is 6.17. The Morgan fingerprint density at radius 1 is 1.00 bits per heavy atom. The molecule has 0 aliphatic heterocycles. The summed E-state index contributed by atoms with van der Waals surface area (Å²) in [6.07, 6.45) is 7.83. The van der Waals surface area contributed by atoms with Crippen molar-refractivity contribution in [1.29, 1.82) is 0 Å². The van der Waals surface area contributed by atoms with Gasteiger partial charge in [0.15, 0.2) is 0 Å². The first kappa shape index (κ1) is 20.1. The van der Waals surface area contributed by atoms with Crippen LogP contribution in [0.5, 0.6) is 5.75 Å². The molecule has 0 amide bonds. The fraction of sp³-hybridized carbons (Fsp3) is 0.429. The number of halogens is 2. The molecule has 0 aromatic heterocycles. The second-order valence-electron chi connectivity index (χ2n) is 6.50. The molecular formula is C21H27Cl2NO. The fourth-order valence-corrected chi connectivity index (χ4v) is 3.51. The Morgan fingerprint density at radius 2 is 1.76 bits per heavy atom. The third-order valence-corrected chi connectivity index (χ3v) is 4.88. The maximum Gasteiger partial charge on any atom is 0.127 e. The van der Waals surface area contributed by atoms with E-state index in [-0.39, 0.29) is 12.4 Å². The van der Waals surface area contributed by atoms with Crippen molar-refractivity contribution < 1.29 is 4.74 Å². The molecule has 1 aliphatic rings. The topological polar surface area (TPSA) is 21.3 Å². The molecule has 0 radical (unpaired) electrons. The van der Waals surface area contributed by atoms with Crippen molar-refractivity contribution in [3.63, 3.8) is 0 Å². The van der Waals surface area contributed by atoms with Crippen molar-refractivity contribution in [3.05, 3.63) is 53.6 Å². The minimum Gasteiger partial charge on any atom is -0.493 e. The van der Waals surface area contributed by atoms with E-state index >= 15 is 0 Å². The molecule has 3 rings (SSSR count). The zero-order valence-electron chi connectivity index (χ0n) is 14.5. The molecular weight excluding hydrogens is 353 g/mol. The van der Waals surface area contributed by atoms with Gasteiger partial charge >= 0.3 is 0 Å². The smallest absolute Gasteiger partial charge is 0.127 e. The van der Waals surface area contributed by atoms with Crippen LogP contribution in [-0.4, -0.2) is 19.2 Å². The van der Waals surface area contributed by atoms with Crippen molar-refractivity contribution in [2.45, 2.75) is 44.6 Å². The lowest BCUT2D eigenvalue weighted by Gasteiger charge is -2.22. The number of rotatable bonds is 7. The maximum absolute atomic E-state index is 6.17. The van der Waals surface area contributed by atoms with Crippen LogP contribution in [-0.2, 0) is 0 Å². The van der Waals surface area contributed by atoms with Gasteiger partial charge in [-0.1, -0.05) is 61.2 Å². The molecule has 136 valence electrons. The number of ether oxygens (including phenoxy) is 1. The summed E-state index contributed by atoms with van der Waals surface area (Å²) in [5.74, 6) is 0.906. The fourth-order valence-electron chi connectivity index (χ4n) is 3.34. The molecule has 1 N–H and O–H groups in total. The first-order valence-corrected chi connectivity index (χ1v) is 9.42. The molecule has 1 fully saturated rings. The Labute approximate surface area is 162 Å². The highest BCUT2D eigenvalue weighted by Crippen LogP contribution is 2.32. The van der Waals surface area contributed by atoms with Gasteiger partial charge in [-0.15, -0.1) is 12.4 Å². The van der Waals surface area contributed by atoms with Crippen molar-refractivity contribution in [2.24, 2.45) is 0 Å². The molecule has 2 aromatic carbocycles. The normalized spacial score (nSPS) is 14.8. The molecule has 0 bridgehead atoms. The zero-order valence-corrected chi connectivity index (χ0v) is 16.1. The van der Waals surface area contributed by atoms with Crippen LogP contribution in [0.25, 0.3) is 11.1 Å². The molecule has 2 nitrogen and oxygen atoms in total. The summed E-state index contributed by atoms with van der Waals surface area (Å²) in [6.45, 7) is 1.75. The quantitative estimate of drug-likeness (QED) is 0.584. The van der Waals surface area contributed by atoms with Gasteiger partial charge in [0, 0.05) is 16.6 Å². The van der Waals surface area contributed by atoms with Gasteiger partial charge in [0.1, 0.15) is 5.75 Å². The summed E-state index contributed by atoms with van der Waals surface area (Å²) in [6, 6.07) is 16.8. The van der Waals surface area contributed by atoms with E-state index < -0.39 is 0 Å². The van der Waals surface area contributed by atoms with Crippen LogP contribution in [0.2, 0.25) is 5.02 Å². The summed E-state index contributed by atoms with van der Waals surface area (Å²) in [5, 5.41) is 4.40. The average molecular weight is 380 g/mol. The first-order chi connectivity index (χ1) is 11.8. The Balaban J connectivity index is 0.00000225. The van der Waals surface area contributed by atoms with Crippen LogP contribution in [0, 0.1) is 0 Å². The van der Waals surface area contributed by atoms with E-state index in [1.807, 2.05) is 36.4 Å². The van der Waals surface area contributed by atoms with Crippen molar-refractivity contribution in [2.75, 3.05) is 13.2 Å². The number of benzene rings is 2. The predicted octanol–water partition coefficient (Wildman–Crippen LogP) is 6.12. The van der Waals surface area contributed by atoms with Crippen LogP contribution in [0.15, 0.2) is 48.5 Å². The molecule has 1 saturated carbocycles. The van der Waals surface area contributed by atoms with Crippen LogP contribution in [0.3, 0.4) is 0 Å². The van der Waals surface area contributed by atoms with Gasteiger partial charge in [-0.25, -0.2) is 0 Å². The van der Waals surface area contributed by atoms with Gasteiger partial charge in [-0.05, 0) is 49.6 Å². The largest absolute Gasteiger partial charge is 0.493 e. The lowest BCUT2D eigenvalue weighted by atomic mass is 9.95. The first-order valence-electron chi connectivity index (χ1n) is 9.04. The van der Waals surface area contributed by atoms with Gasteiger partial charge < -0.3 is 10.1 Å². The monoisotopic (exact) mass is 379 g/mol. The molecule has 0 atom stereocenters. The zero-order chi connectivity index (χ0) is 16.6. The molecule has 25 heavy (non-hydrogen) atoms. The van der Waals surface area contributed by atoms with Gasteiger partial charge in [0.2, 0.25) is 0 Å². The lowest BCUT2D eigenvalue weighted by Crippen LogP contribution is -2.32. The molecule has 0 saturated heterocycles. The lowest BCUT2D eigenvalue weighted by molar-refractivity contribution is 0.298. The number of hydrogen-bond donors (Lipinski definition) is 1. The summed E-state index contributed by atoms with van der Waals surface area (Å²) >= 11 is 6.17. The number of hydrogen-bond acceptors (Lipinski definition) is 2. The standard InChI is InChI=1S/C21H26ClNO.ClH/c22-18-12-13-21(20(16-18)17-8-3-1-4-9-17)24-15-7-14-23-19-10-5-2-6-11-19;/h1,3-4,8-9,12-13,16,19,23H,2,5-7,10-11,14-15H2;1H. The van der Waals surface area contributed by atoms with Crippen LogP contribution in [0.4, 0.5) is 0 Å². The molecule has 0 heterocycles. The van der Waals surface area contributed by atoms with Gasteiger partial charge in [-0.2, -0.15) is 0 Å². The van der Waals surface area contributed by atoms with Crippen molar-refractivity contribution in [3.8, 4) is 16.9 Å². The summed E-state index contributed by atoms with van der Waals surface area (Å²) < 4.78 is 6.04. The highest BCUT2D eigenvalue weighted by atomic mass is 35.5. The van der Waals surface area contributed by atoms with E-state index in [1.165, 1.54) is 32.1 Å². The summed E-state index contributed by atoms with van der Waals surface area (Å²) in [4.78, 5) is 0. The van der Waals surface area contributed by atoms with E-state index in [0.29, 0.717) is 6.04 Å². The van der Waals surface area contributed by atoms with E-state index in [1.54, 1.807) is 0 Å². The van der Waals surface area contributed by atoms with Gasteiger partial charge in [0.25, 0.3) is 0 Å². The summed E-state index contributed by atoms with van der Waals surface area (Å²) in [5.41, 5.74) is 2.19. The van der Waals surface area contributed by atoms with E-state index in [2.05, 4.69) is 17.4 Å². The Morgan fingerprint density at radius 3 is 2.52 bits per heavy atom. The van der Waals surface area contributed by atoms with Crippen molar-refractivity contribution in [1.82, 2.24) is 5.32 Å². The third-order valence-electron chi connectivity index (χ3n) is 4.64. The van der Waals surface area contributed by atoms with Crippen LogP contribution < -0.4 is 10.1 Å². The van der Waals surface area contributed by atoms with Crippen LogP contribution >= 0.6 is 24.0 Å². The molecule has 4 heteroatoms. The van der Waals surface area contributed by atoms with Gasteiger partial charge in [0.05, 0.1) is 6.61 Å². The minimum atomic E-state index is 0. The number of nitrogens with one attached hydrogen (secondary N) is 1. The Hall–Kier alpha value is -1.22. The average Bonchev–Trinajstić information content (AvgIpc) is 2.64. The Kier molecular flexibility index (Phi) is 8.60.